The van der Waals surface area contributed by atoms with Crippen LogP contribution >= 0.6 is 24.0 Å². The quantitative estimate of drug-likeness (QED) is 0.326. The Kier molecular flexibility index (Phi) is 8.03. The topological polar surface area (TPSA) is 101 Å². The molecular weight excluding hydrogens is 495 g/mol. The zero-order valence-corrected chi connectivity index (χ0v) is 20.4. The molecule has 1 saturated heterocycles. The fourth-order valence-corrected chi connectivity index (χ4v) is 4.20. The molecule has 30 heavy (non-hydrogen) atoms. The SMILES string of the molecule is CCN1CCCC1CNC(=NCc1nnc(C)n1C)NC1CCc2ncnn2C1.I. The predicted molar refractivity (Wildman–Crippen MR) is 126 cm³/mol. The number of fused-ring (bicyclic) bond motifs is 1. The molecule has 0 spiro atoms. The Bertz CT molecular complexity index is 844. The molecule has 0 saturated carbocycles. The zero-order valence-electron chi connectivity index (χ0n) is 18.1. The molecule has 1 fully saturated rings. The van der Waals surface area contributed by atoms with E-state index in [4.69, 9.17) is 4.99 Å². The van der Waals surface area contributed by atoms with Crippen molar-refractivity contribution in [2.24, 2.45) is 12.0 Å². The van der Waals surface area contributed by atoms with E-state index >= 15 is 0 Å². The molecule has 0 radical (unpaired) electrons. The van der Waals surface area contributed by atoms with Crippen LogP contribution in [0, 0.1) is 6.92 Å². The second kappa shape index (κ2) is 10.5. The van der Waals surface area contributed by atoms with Crippen molar-refractivity contribution in [3.63, 3.8) is 0 Å². The van der Waals surface area contributed by atoms with E-state index in [1.165, 1.54) is 19.4 Å². The van der Waals surface area contributed by atoms with E-state index in [-0.39, 0.29) is 30.0 Å². The van der Waals surface area contributed by atoms with Crippen LogP contribution in [0.1, 0.15) is 43.7 Å². The summed E-state index contributed by atoms with van der Waals surface area (Å²) in [6.45, 7) is 8.69. The summed E-state index contributed by atoms with van der Waals surface area (Å²) >= 11 is 0. The van der Waals surface area contributed by atoms with Gasteiger partial charge in [-0.1, -0.05) is 6.92 Å². The largest absolute Gasteiger partial charge is 0.355 e. The number of halogens is 1. The Morgan fingerprint density at radius 2 is 2.17 bits per heavy atom. The molecule has 0 amide bonds. The number of nitrogens with zero attached hydrogens (tertiary/aromatic N) is 8. The molecule has 2 atom stereocenters. The summed E-state index contributed by atoms with van der Waals surface area (Å²) in [6, 6.07) is 0.847. The summed E-state index contributed by atoms with van der Waals surface area (Å²) in [7, 11) is 1.98. The Labute approximate surface area is 195 Å². The van der Waals surface area contributed by atoms with Gasteiger partial charge in [0.15, 0.2) is 11.8 Å². The van der Waals surface area contributed by atoms with Gasteiger partial charge in [-0.05, 0) is 39.3 Å². The van der Waals surface area contributed by atoms with Crippen LogP contribution in [0.3, 0.4) is 0 Å². The Morgan fingerprint density at radius 3 is 2.93 bits per heavy atom. The maximum atomic E-state index is 4.82. The average Bonchev–Trinajstić information content (AvgIpc) is 3.45. The van der Waals surface area contributed by atoms with Crippen molar-refractivity contribution in [2.45, 2.75) is 64.7 Å². The van der Waals surface area contributed by atoms with Crippen molar-refractivity contribution in [1.29, 1.82) is 0 Å². The number of aryl methyl sites for hydroxylation is 2. The van der Waals surface area contributed by atoms with Gasteiger partial charge in [0.25, 0.3) is 0 Å². The van der Waals surface area contributed by atoms with Crippen LogP contribution in [-0.2, 0) is 26.6 Å². The summed E-state index contributed by atoms with van der Waals surface area (Å²) in [5.41, 5.74) is 0. The highest BCUT2D eigenvalue weighted by molar-refractivity contribution is 14.0. The summed E-state index contributed by atoms with van der Waals surface area (Å²) in [6.07, 6.45) is 6.10. The number of aromatic nitrogens is 6. The molecule has 2 aliphatic heterocycles. The van der Waals surface area contributed by atoms with Crippen LogP contribution in [0.25, 0.3) is 0 Å². The maximum Gasteiger partial charge on any atom is 0.192 e. The Hall–Kier alpha value is -1.76. The first kappa shape index (κ1) is 22.9. The molecule has 2 aromatic rings. The van der Waals surface area contributed by atoms with Crippen LogP contribution < -0.4 is 10.6 Å². The van der Waals surface area contributed by atoms with Gasteiger partial charge in [-0.2, -0.15) is 5.10 Å². The van der Waals surface area contributed by atoms with E-state index in [9.17, 15) is 0 Å². The van der Waals surface area contributed by atoms with E-state index in [2.05, 4.69) is 42.7 Å². The van der Waals surface area contributed by atoms with Crippen molar-refractivity contribution in [3.05, 3.63) is 23.8 Å². The fraction of sp³-hybridized carbons (Fsp3) is 0.737. The molecule has 2 unspecified atom stereocenters. The standard InChI is InChI=1S/C19H32N10.HI/c1-4-28-9-5-6-16(28)10-20-19(21-11-18-26-25-14(2)27(18)3)24-15-7-8-17-22-13-23-29(17)12-15;/h13,15-16H,4-12H2,1-3H3,(H2,20,21,24);1H. The molecule has 11 heteroatoms. The van der Waals surface area contributed by atoms with Gasteiger partial charge >= 0.3 is 0 Å². The van der Waals surface area contributed by atoms with Gasteiger partial charge in [0, 0.05) is 32.1 Å². The summed E-state index contributed by atoms with van der Waals surface area (Å²) in [5, 5.41) is 19.9. The number of hydrogen-bond donors (Lipinski definition) is 2. The lowest BCUT2D eigenvalue weighted by atomic mass is 10.1. The monoisotopic (exact) mass is 528 g/mol. The summed E-state index contributed by atoms with van der Waals surface area (Å²) in [4.78, 5) is 11.7. The second-order valence-corrected chi connectivity index (χ2v) is 7.93. The van der Waals surface area contributed by atoms with E-state index in [1.54, 1.807) is 6.33 Å². The smallest absolute Gasteiger partial charge is 0.192 e. The van der Waals surface area contributed by atoms with Crippen molar-refractivity contribution in [1.82, 2.24) is 45.1 Å². The van der Waals surface area contributed by atoms with E-state index in [1.807, 2.05) is 23.2 Å². The van der Waals surface area contributed by atoms with Crippen molar-refractivity contribution in [3.8, 4) is 0 Å². The third-order valence-corrected chi connectivity index (χ3v) is 6.12. The molecule has 2 N–H and O–H groups in total. The molecule has 2 aliphatic rings. The predicted octanol–water partition coefficient (Wildman–Crippen LogP) is 0.868. The normalized spacial score (nSPS) is 21.9. The Morgan fingerprint density at radius 1 is 1.30 bits per heavy atom. The van der Waals surface area contributed by atoms with E-state index < -0.39 is 0 Å². The summed E-state index contributed by atoms with van der Waals surface area (Å²) < 4.78 is 3.97. The minimum Gasteiger partial charge on any atom is -0.355 e. The average molecular weight is 528 g/mol. The number of likely N-dealkylation sites (tertiary alicyclic amines) is 1. The number of nitrogens with one attached hydrogen (secondary N) is 2. The van der Waals surface area contributed by atoms with E-state index in [0.717, 1.165) is 55.9 Å². The van der Waals surface area contributed by atoms with Gasteiger partial charge in [-0.15, -0.1) is 34.2 Å². The van der Waals surface area contributed by atoms with Crippen LogP contribution in [-0.4, -0.2) is 72.1 Å². The molecule has 10 nitrogen and oxygen atoms in total. The summed E-state index contributed by atoms with van der Waals surface area (Å²) in [5.74, 6) is 3.66. The van der Waals surface area contributed by atoms with Gasteiger partial charge in [-0.3, -0.25) is 4.90 Å². The number of aliphatic imine (C=N–C) groups is 1. The Balaban J connectivity index is 0.00000256. The lowest BCUT2D eigenvalue weighted by Gasteiger charge is -2.27. The lowest BCUT2D eigenvalue weighted by Crippen LogP contribution is -2.50. The first-order valence-corrected chi connectivity index (χ1v) is 10.6. The second-order valence-electron chi connectivity index (χ2n) is 7.93. The third-order valence-electron chi connectivity index (χ3n) is 6.12. The van der Waals surface area contributed by atoms with Crippen molar-refractivity contribution in [2.75, 3.05) is 19.6 Å². The van der Waals surface area contributed by atoms with Gasteiger partial charge < -0.3 is 15.2 Å². The highest BCUT2D eigenvalue weighted by Gasteiger charge is 2.24. The fourth-order valence-electron chi connectivity index (χ4n) is 4.20. The number of likely N-dealkylation sites (N-methyl/N-ethyl adjacent to an activating group) is 1. The molecule has 4 heterocycles. The molecule has 2 aromatic heterocycles. The zero-order chi connectivity index (χ0) is 20.2. The minimum absolute atomic E-state index is 0. The number of rotatable bonds is 6. The van der Waals surface area contributed by atoms with Gasteiger partial charge in [0.05, 0.1) is 6.54 Å². The molecule has 0 aliphatic carbocycles. The van der Waals surface area contributed by atoms with Gasteiger partial charge in [0.1, 0.15) is 24.5 Å². The molecule has 4 rings (SSSR count). The maximum absolute atomic E-state index is 4.82. The minimum atomic E-state index is 0. The first-order valence-electron chi connectivity index (χ1n) is 10.6. The van der Waals surface area contributed by atoms with Gasteiger partial charge in [0.2, 0.25) is 0 Å². The third kappa shape index (κ3) is 5.29. The molecule has 0 bridgehead atoms. The van der Waals surface area contributed by atoms with Crippen LogP contribution in [0.4, 0.5) is 0 Å². The highest BCUT2D eigenvalue weighted by atomic mass is 127. The van der Waals surface area contributed by atoms with Crippen LogP contribution in [0.15, 0.2) is 11.3 Å². The molecular formula is C19H33IN10. The number of hydrogen-bond acceptors (Lipinski definition) is 6. The van der Waals surface area contributed by atoms with Crippen molar-refractivity contribution >= 4 is 29.9 Å². The molecule has 0 aromatic carbocycles. The van der Waals surface area contributed by atoms with E-state index in [0.29, 0.717) is 12.6 Å². The lowest BCUT2D eigenvalue weighted by molar-refractivity contribution is 0.266. The first-order chi connectivity index (χ1) is 14.1. The van der Waals surface area contributed by atoms with Crippen molar-refractivity contribution < 1.29 is 0 Å². The molecule has 166 valence electrons. The van der Waals surface area contributed by atoms with Crippen LogP contribution in [0.2, 0.25) is 0 Å². The van der Waals surface area contributed by atoms with Gasteiger partial charge in [-0.25, -0.2) is 14.7 Å². The highest BCUT2D eigenvalue weighted by Crippen LogP contribution is 2.16. The van der Waals surface area contributed by atoms with Crippen LogP contribution in [0.5, 0.6) is 0 Å². The number of guanidine groups is 1.